The van der Waals surface area contributed by atoms with E-state index in [2.05, 4.69) is 87.0 Å². The van der Waals surface area contributed by atoms with Gasteiger partial charge in [0.1, 0.15) is 22.9 Å². The van der Waals surface area contributed by atoms with Gasteiger partial charge in [0.05, 0.1) is 18.4 Å². The molecule has 1 saturated carbocycles. The van der Waals surface area contributed by atoms with E-state index in [1.165, 1.54) is 47.9 Å². The van der Waals surface area contributed by atoms with Crippen molar-refractivity contribution in [2.45, 2.75) is 76.9 Å². The number of pyridine rings is 1. The van der Waals surface area contributed by atoms with E-state index in [1.807, 2.05) is 30.5 Å². The Morgan fingerprint density at radius 2 is 1.87 bits per heavy atom. The number of piperidine rings is 1. The summed E-state index contributed by atoms with van der Waals surface area (Å²) in [4.78, 5) is 27.6. The van der Waals surface area contributed by atoms with Crippen LogP contribution in [0.1, 0.15) is 90.5 Å². The first kappa shape index (κ1) is 34.1. The van der Waals surface area contributed by atoms with Crippen molar-refractivity contribution >= 4 is 23.0 Å². The molecule has 8 nitrogen and oxygen atoms in total. The lowest BCUT2D eigenvalue weighted by Gasteiger charge is -2.58. The fraction of sp³-hybridized carbons (Fsp3) is 0.422. The highest BCUT2D eigenvalue weighted by Crippen LogP contribution is 2.53. The number of fused-ring (bicyclic) bond motifs is 2. The third-order valence-electron chi connectivity index (χ3n) is 12.7. The van der Waals surface area contributed by atoms with Crippen molar-refractivity contribution in [3.63, 3.8) is 0 Å². The third-order valence-corrected chi connectivity index (χ3v) is 12.7. The molecule has 4 aliphatic rings. The lowest BCUT2D eigenvalue weighted by atomic mass is 9.59. The first-order valence-electron chi connectivity index (χ1n) is 19.7. The van der Waals surface area contributed by atoms with E-state index in [9.17, 15) is 4.79 Å². The van der Waals surface area contributed by atoms with Crippen molar-refractivity contribution in [3.8, 4) is 17.2 Å². The number of hydrogen-bond acceptors (Lipinski definition) is 7. The Bertz CT molecular complexity index is 2090. The SMILES string of the molecule is CC(C)c1ccccc1C1CN(Cc2cccc3c2CCCO3)CCN1C1CC2(CCN(c3ccc(C=O)c(Oc4cnc5[nH]ccc5c4)c3)CC2)C1. The number of nitrogens with zero attached hydrogens (tertiary/aromatic N) is 4. The van der Waals surface area contributed by atoms with Crippen LogP contribution in [0.2, 0.25) is 0 Å². The number of aromatic amines is 1. The summed E-state index contributed by atoms with van der Waals surface area (Å²) in [6.45, 7) is 11.8. The summed E-state index contributed by atoms with van der Waals surface area (Å²) in [5, 5.41) is 0.977. The standard InChI is InChI=1S/C45H51N5O3/c1-31(2)38-8-3-4-9-40(38)41-29-48(28-33-7-5-11-42-39(33)10-6-22-52-42)20-21-50(41)36-25-45(26-36)15-18-49(19-16-45)35-13-12-34(30-51)43(24-35)53-37-23-32-14-17-46-44(32)47-27-37/h3-5,7-9,11-14,17,23-24,27,30-31,36,41H,6,10,15-16,18-22,25-26,28-29H2,1-2H3,(H,46,47). The van der Waals surface area contributed by atoms with Crippen LogP contribution in [0.5, 0.6) is 17.2 Å². The van der Waals surface area contributed by atoms with E-state index < -0.39 is 0 Å². The molecule has 2 aromatic heterocycles. The molecule has 1 aliphatic carbocycles. The average Bonchev–Trinajstić information content (AvgIpc) is 3.65. The molecule has 5 heterocycles. The molecule has 1 N–H and O–H groups in total. The van der Waals surface area contributed by atoms with E-state index in [0.29, 0.717) is 40.5 Å². The van der Waals surface area contributed by atoms with Crippen molar-refractivity contribution in [1.29, 1.82) is 0 Å². The van der Waals surface area contributed by atoms with Crippen molar-refractivity contribution in [2.75, 3.05) is 44.2 Å². The zero-order valence-corrected chi connectivity index (χ0v) is 31.1. The Labute approximate surface area is 313 Å². The molecule has 3 aliphatic heterocycles. The fourth-order valence-corrected chi connectivity index (χ4v) is 9.73. The molecule has 0 amide bonds. The molecule has 5 aromatic rings. The van der Waals surface area contributed by atoms with Gasteiger partial charge in [0, 0.05) is 74.7 Å². The minimum atomic E-state index is 0.392. The summed E-state index contributed by atoms with van der Waals surface area (Å²) in [6.07, 6.45) is 11.6. The lowest BCUT2D eigenvalue weighted by Crippen LogP contribution is -2.60. The van der Waals surface area contributed by atoms with Crippen LogP contribution in [-0.4, -0.2) is 71.4 Å². The highest BCUT2D eigenvalue weighted by atomic mass is 16.5. The number of piperazine rings is 1. The minimum absolute atomic E-state index is 0.392. The summed E-state index contributed by atoms with van der Waals surface area (Å²) < 4.78 is 12.3. The van der Waals surface area contributed by atoms with Crippen LogP contribution in [0.3, 0.4) is 0 Å². The molecule has 0 radical (unpaired) electrons. The number of aromatic nitrogens is 2. The number of anilines is 1. The Balaban J connectivity index is 0.881. The normalized spacial score (nSPS) is 20.7. The third kappa shape index (κ3) is 6.72. The van der Waals surface area contributed by atoms with Crippen LogP contribution in [0.15, 0.2) is 85.2 Å². The predicted molar refractivity (Wildman–Crippen MR) is 210 cm³/mol. The van der Waals surface area contributed by atoms with Crippen LogP contribution < -0.4 is 14.4 Å². The van der Waals surface area contributed by atoms with E-state index >= 15 is 0 Å². The van der Waals surface area contributed by atoms with E-state index in [1.54, 1.807) is 6.20 Å². The molecule has 1 unspecified atom stereocenters. The predicted octanol–water partition coefficient (Wildman–Crippen LogP) is 8.92. The van der Waals surface area contributed by atoms with Gasteiger partial charge in [0.15, 0.2) is 6.29 Å². The van der Waals surface area contributed by atoms with Gasteiger partial charge >= 0.3 is 0 Å². The number of ether oxygens (including phenoxy) is 2. The second kappa shape index (κ2) is 14.3. The number of rotatable bonds is 9. The molecular formula is C45H51N5O3. The summed E-state index contributed by atoms with van der Waals surface area (Å²) in [5.41, 5.74) is 8.74. The summed E-state index contributed by atoms with van der Waals surface area (Å²) >= 11 is 0. The molecule has 9 rings (SSSR count). The largest absolute Gasteiger partial charge is 0.493 e. The van der Waals surface area contributed by atoms with Crippen LogP contribution in [0, 0.1) is 5.41 Å². The summed E-state index contributed by atoms with van der Waals surface area (Å²) in [6, 6.07) is 26.8. The number of H-pyrrole nitrogens is 1. The zero-order valence-electron chi connectivity index (χ0n) is 31.1. The Morgan fingerprint density at radius 1 is 1.00 bits per heavy atom. The molecule has 2 saturated heterocycles. The van der Waals surface area contributed by atoms with Gasteiger partial charge in [0.25, 0.3) is 0 Å². The topological polar surface area (TPSA) is 73.9 Å². The first-order chi connectivity index (χ1) is 25.9. The molecular weight excluding hydrogens is 659 g/mol. The van der Waals surface area contributed by atoms with Gasteiger partial charge in [-0.1, -0.05) is 50.2 Å². The number of hydrogen-bond donors (Lipinski definition) is 1. The number of benzene rings is 3. The maximum Gasteiger partial charge on any atom is 0.153 e. The molecule has 274 valence electrons. The van der Waals surface area contributed by atoms with Crippen molar-refractivity contribution in [3.05, 3.63) is 113 Å². The Morgan fingerprint density at radius 3 is 2.72 bits per heavy atom. The van der Waals surface area contributed by atoms with Gasteiger partial charge in [-0.3, -0.25) is 14.6 Å². The molecule has 3 aromatic carbocycles. The monoisotopic (exact) mass is 709 g/mol. The van der Waals surface area contributed by atoms with Crippen LogP contribution in [0.4, 0.5) is 5.69 Å². The number of carbonyl (C=O) groups excluding carboxylic acids is 1. The van der Waals surface area contributed by atoms with Gasteiger partial charge in [0.2, 0.25) is 0 Å². The van der Waals surface area contributed by atoms with Gasteiger partial charge < -0.3 is 19.4 Å². The first-order valence-corrected chi connectivity index (χ1v) is 19.7. The van der Waals surface area contributed by atoms with Gasteiger partial charge in [-0.15, -0.1) is 0 Å². The number of nitrogens with one attached hydrogen (secondary N) is 1. The maximum atomic E-state index is 12.0. The van der Waals surface area contributed by atoms with Crippen LogP contribution >= 0.6 is 0 Å². The molecule has 8 heteroatoms. The van der Waals surface area contributed by atoms with Crippen molar-refractivity contribution < 1.29 is 14.3 Å². The van der Waals surface area contributed by atoms with Gasteiger partial charge in [-0.2, -0.15) is 0 Å². The highest BCUT2D eigenvalue weighted by Gasteiger charge is 2.50. The zero-order chi connectivity index (χ0) is 35.9. The van der Waals surface area contributed by atoms with Crippen molar-refractivity contribution in [1.82, 2.24) is 19.8 Å². The molecule has 1 spiro atoms. The van der Waals surface area contributed by atoms with Gasteiger partial charge in [-0.25, -0.2) is 4.98 Å². The number of aldehydes is 1. The van der Waals surface area contributed by atoms with Crippen molar-refractivity contribution in [2.24, 2.45) is 5.41 Å². The van der Waals surface area contributed by atoms with E-state index in [-0.39, 0.29) is 0 Å². The van der Waals surface area contributed by atoms with E-state index in [0.717, 1.165) is 87.5 Å². The average molecular weight is 710 g/mol. The van der Waals surface area contributed by atoms with Crippen LogP contribution in [0.25, 0.3) is 11.0 Å². The molecule has 1 atom stereocenters. The summed E-state index contributed by atoms with van der Waals surface area (Å²) in [5.74, 6) is 2.78. The van der Waals surface area contributed by atoms with E-state index in [4.69, 9.17) is 9.47 Å². The molecule has 3 fully saturated rings. The fourth-order valence-electron chi connectivity index (χ4n) is 9.73. The smallest absolute Gasteiger partial charge is 0.153 e. The molecule has 53 heavy (non-hydrogen) atoms. The quantitative estimate of drug-likeness (QED) is 0.153. The number of carbonyl (C=O) groups is 1. The van der Waals surface area contributed by atoms with Crippen LogP contribution in [-0.2, 0) is 13.0 Å². The summed E-state index contributed by atoms with van der Waals surface area (Å²) in [7, 11) is 0. The molecule has 0 bridgehead atoms. The Kier molecular flexibility index (Phi) is 9.20. The highest BCUT2D eigenvalue weighted by molar-refractivity contribution is 5.81. The van der Waals surface area contributed by atoms with Gasteiger partial charge in [-0.05, 0) is 102 Å². The minimum Gasteiger partial charge on any atom is -0.493 e. The lowest BCUT2D eigenvalue weighted by molar-refractivity contribution is -0.0628. The second-order valence-corrected chi connectivity index (χ2v) is 16.2. The maximum absolute atomic E-state index is 12.0. The second-order valence-electron chi connectivity index (χ2n) is 16.2. The Hall–Kier alpha value is -4.66.